The summed E-state index contributed by atoms with van der Waals surface area (Å²) in [7, 11) is 0. The topological polar surface area (TPSA) is 79.7 Å². The SMILES string of the molecule is CCOC(=O)CC(O)C(O)c1ccc(C(F)(F)F)cn1. The maximum atomic E-state index is 12.3. The van der Waals surface area contributed by atoms with Crippen LogP contribution in [-0.2, 0) is 15.7 Å². The first-order valence-corrected chi connectivity index (χ1v) is 5.80. The third-order valence-electron chi connectivity index (χ3n) is 2.46. The number of aliphatic hydroxyl groups excluding tert-OH is 2. The number of rotatable bonds is 5. The van der Waals surface area contributed by atoms with Crippen molar-refractivity contribution in [2.45, 2.75) is 31.7 Å². The van der Waals surface area contributed by atoms with Crippen molar-refractivity contribution in [1.29, 1.82) is 0 Å². The van der Waals surface area contributed by atoms with Crippen molar-refractivity contribution in [3.05, 3.63) is 29.6 Å². The largest absolute Gasteiger partial charge is 0.466 e. The van der Waals surface area contributed by atoms with E-state index in [1.807, 2.05) is 0 Å². The molecule has 112 valence electrons. The molecule has 1 aromatic rings. The van der Waals surface area contributed by atoms with Crippen LogP contribution in [0.2, 0.25) is 0 Å². The average Bonchev–Trinajstić information content (AvgIpc) is 2.37. The van der Waals surface area contributed by atoms with Crippen LogP contribution in [0.1, 0.15) is 30.7 Å². The zero-order valence-electron chi connectivity index (χ0n) is 10.6. The fourth-order valence-electron chi connectivity index (χ4n) is 1.45. The quantitative estimate of drug-likeness (QED) is 0.803. The Morgan fingerprint density at radius 1 is 1.40 bits per heavy atom. The van der Waals surface area contributed by atoms with Crippen LogP contribution < -0.4 is 0 Å². The van der Waals surface area contributed by atoms with Gasteiger partial charge in [-0.15, -0.1) is 0 Å². The molecule has 0 aliphatic carbocycles. The molecule has 0 fully saturated rings. The summed E-state index contributed by atoms with van der Waals surface area (Å²) in [5, 5.41) is 19.3. The number of pyridine rings is 1. The predicted molar refractivity (Wildman–Crippen MR) is 61.5 cm³/mol. The number of ether oxygens (including phenoxy) is 1. The first kappa shape index (κ1) is 16.4. The highest BCUT2D eigenvalue weighted by Gasteiger charge is 2.31. The van der Waals surface area contributed by atoms with Gasteiger partial charge in [0.15, 0.2) is 0 Å². The van der Waals surface area contributed by atoms with Gasteiger partial charge in [0.05, 0.1) is 30.4 Å². The van der Waals surface area contributed by atoms with Gasteiger partial charge in [-0.05, 0) is 19.1 Å². The van der Waals surface area contributed by atoms with Crippen LogP contribution in [0.5, 0.6) is 0 Å². The lowest BCUT2D eigenvalue weighted by Gasteiger charge is -2.17. The van der Waals surface area contributed by atoms with Gasteiger partial charge in [0.2, 0.25) is 0 Å². The molecule has 2 atom stereocenters. The Hall–Kier alpha value is -1.67. The number of aromatic nitrogens is 1. The fraction of sp³-hybridized carbons (Fsp3) is 0.500. The van der Waals surface area contributed by atoms with Gasteiger partial charge < -0.3 is 14.9 Å². The second-order valence-corrected chi connectivity index (χ2v) is 3.99. The minimum atomic E-state index is -4.53. The Bertz CT molecular complexity index is 447. The van der Waals surface area contributed by atoms with Crippen LogP contribution >= 0.6 is 0 Å². The van der Waals surface area contributed by atoms with Crippen molar-refractivity contribution >= 4 is 5.97 Å². The van der Waals surface area contributed by atoms with Gasteiger partial charge in [-0.25, -0.2) is 0 Å². The third-order valence-corrected chi connectivity index (χ3v) is 2.46. The van der Waals surface area contributed by atoms with Crippen LogP contribution in [-0.4, -0.2) is 33.9 Å². The van der Waals surface area contributed by atoms with Crippen LogP contribution in [0.25, 0.3) is 0 Å². The van der Waals surface area contributed by atoms with E-state index in [0.717, 1.165) is 12.1 Å². The monoisotopic (exact) mass is 293 g/mol. The molecule has 0 spiro atoms. The van der Waals surface area contributed by atoms with Gasteiger partial charge >= 0.3 is 12.1 Å². The van der Waals surface area contributed by atoms with E-state index in [1.165, 1.54) is 0 Å². The molecule has 2 unspecified atom stereocenters. The molecule has 8 heteroatoms. The van der Waals surface area contributed by atoms with Gasteiger partial charge in [0, 0.05) is 6.20 Å². The number of aliphatic hydroxyl groups is 2. The molecule has 1 heterocycles. The summed E-state index contributed by atoms with van der Waals surface area (Å²) < 4.78 is 41.6. The Labute approximate surface area is 113 Å². The van der Waals surface area contributed by atoms with Gasteiger partial charge in [0.1, 0.15) is 6.10 Å². The van der Waals surface area contributed by atoms with E-state index >= 15 is 0 Å². The van der Waals surface area contributed by atoms with E-state index < -0.39 is 36.3 Å². The van der Waals surface area contributed by atoms with Crippen molar-refractivity contribution in [3.8, 4) is 0 Å². The molecule has 0 radical (unpaired) electrons. The summed E-state index contributed by atoms with van der Waals surface area (Å²) >= 11 is 0. The van der Waals surface area contributed by atoms with Crippen molar-refractivity contribution in [3.63, 3.8) is 0 Å². The number of hydrogen-bond acceptors (Lipinski definition) is 5. The lowest BCUT2D eigenvalue weighted by Crippen LogP contribution is -2.24. The van der Waals surface area contributed by atoms with Crippen LogP contribution in [0.3, 0.4) is 0 Å². The molecule has 0 aliphatic rings. The molecule has 20 heavy (non-hydrogen) atoms. The summed E-state index contributed by atoms with van der Waals surface area (Å²) in [5.41, 5.74) is -1.12. The molecule has 0 aromatic carbocycles. The van der Waals surface area contributed by atoms with E-state index in [1.54, 1.807) is 6.92 Å². The first-order valence-electron chi connectivity index (χ1n) is 5.80. The number of carbonyl (C=O) groups is 1. The average molecular weight is 293 g/mol. The standard InChI is InChI=1S/C12H14F3NO4/c1-2-20-10(18)5-9(17)11(19)8-4-3-7(6-16-8)12(13,14)15/h3-4,6,9,11,17,19H,2,5H2,1H3. The van der Waals surface area contributed by atoms with Crippen molar-refractivity contribution < 1.29 is 32.9 Å². The number of halogens is 3. The number of hydrogen-bond donors (Lipinski definition) is 2. The van der Waals surface area contributed by atoms with E-state index in [-0.39, 0.29) is 12.3 Å². The van der Waals surface area contributed by atoms with Gasteiger partial charge in [-0.2, -0.15) is 13.2 Å². The third kappa shape index (κ3) is 4.46. The van der Waals surface area contributed by atoms with Crippen molar-refractivity contribution in [2.24, 2.45) is 0 Å². The van der Waals surface area contributed by atoms with Gasteiger partial charge in [-0.3, -0.25) is 9.78 Å². The van der Waals surface area contributed by atoms with E-state index in [0.29, 0.717) is 6.20 Å². The zero-order valence-corrected chi connectivity index (χ0v) is 10.6. The van der Waals surface area contributed by atoms with E-state index in [4.69, 9.17) is 0 Å². The van der Waals surface area contributed by atoms with Crippen LogP contribution in [0.4, 0.5) is 13.2 Å². The minimum Gasteiger partial charge on any atom is -0.466 e. The number of carbonyl (C=O) groups excluding carboxylic acids is 1. The Kier molecular flexibility index (Phi) is 5.46. The maximum absolute atomic E-state index is 12.3. The summed E-state index contributed by atoms with van der Waals surface area (Å²) in [6, 6.07) is 1.69. The molecule has 0 saturated carbocycles. The maximum Gasteiger partial charge on any atom is 0.417 e. The second kappa shape index (κ2) is 6.67. The predicted octanol–water partition coefficient (Wildman–Crippen LogP) is 1.45. The fourth-order valence-corrected chi connectivity index (χ4v) is 1.45. The summed E-state index contributed by atoms with van der Waals surface area (Å²) in [6.45, 7) is 1.71. The molecular formula is C12H14F3NO4. The van der Waals surface area contributed by atoms with Gasteiger partial charge in [-0.1, -0.05) is 0 Å². The summed E-state index contributed by atoms with van der Waals surface area (Å²) in [6.07, 6.45) is -7.52. The Balaban J connectivity index is 2.72. The lowest BCUT2D eigenvalue weighted by atomic mass is 10.1. The minimum absolute atomic E-state index is 0.125. The summed E-state index contributed by atoms with van der Waals surface area (Å²) in [5.74, 6) is -0.717. The second-order valence-electron chi connectivity index (χ2n) is 3.99. The zero-order chi connectivity index (χ0) is 15.3. The highest BCUT2D eigenvalue weighted by atomic mass is 19.4. The molecule has 0 amide bonds. The molecule has 1 aromatic heterocycles. The van der Waals surface area contributed by atoms with Gasteiger partial charge in [0.25, 0.3) is 0 Å². The highest BCUT2D eigenvalue weighted by molar-refractivity contribution is 5.70. The molecule has 2 N–H and O–H groups in total. The number of alkyl halides is 3. The molecule has 0 aliphatic heterocycles. The van der Waals surface area contributed by atoms with Crippen LogP contribution in [0, 0.1) is 0 Å². The highest BCUT2D eigenvalue weighted by Crippen LogP contribution is 2.29. The normalized spacial score (nSPS) is 14.7. The lowest BCUT2D eigenvalue weighted by molar-refractivity contribution is -0.147. The number of nitrogens with zero attached hydrogens (tertiary/aromatic N) is 1. The van der Waals surface area contributed by atoms with Crippen molar-refractivity contribution in [1.82, 2.24) is 4.98 Å². The Morgan fingerprint density at radius 2 is 2.05 bits per heavy atom. The van der Waals surface area contributed by atoms with Crippen LogP contribution in [0.15, 0.2) is 18.3 Å². The van der Waals surface area contributed by atoms with Crippen molar-refractivity contribution in [2.75, 3.05) is 6.61 Å². The molecule has 5 nitrogen and oxygen atoms in total. The molecule has 0 bridgehead atoms. The molecule has 1 rings (SSSR count). The first-order chi connectivity index (χ1) is 9.25. The Morgan fingerprint density at radius 3 is 2.50 bits per heavy atom. The molecular weight excluding hydrogens is 279 g/mol. The number of esters is 1. The smallest absolute Gasteiger partial charge is 0.417 e. The summed E-state index contributed by atoms with van der Waals surface area (Å²) in [4.78, 5) is 14.5. The molecule has 0 saturated heterocycles. The van der Waals surface area contributed by atoms with E-state index in [9.17, 15) is 28.2 Å². The van der Waals surface area contributed by atoms with E-state index in [2.05, 4.69) is 9.72 Å².